The number of hydrogen-bond acceptors (Lipinski definition) is 5. The number of Topliss-reactive ketones (excluding diaryl/α,β-unsaturated/α-hetero) is 1. The number of nitrogens with one attached hydrogen (secondary N) is 1. The Morgan fingerprint density at radius 3 is 2.33 bits per heavy atom. The van der Waals surface area contributed by atoms with Gasteiger partial charge >= 0.3 is 0 Å². The molecule has 3 rings (SSSR count). The Labute approximate surface area is 181 Å². The standard InChI is InChI=1S/C21H24ClN3O4S/c1-15(26)16-5-8-18(9-6-16)30(28,29)24(2)14-21(27)23-19-13-17(22)7-10-20(19)25-11-3-4-12-25/h5-10,13H,3-4,11-12,14H2,1-2H3,(H,23,27). The summed E-state index contributed by atoms with van der Waals surface area (Å²) in [4.78, 5) is 26.2. The Morgan fingerprint density at radius 1 is 1.10 bits per heavy atom. The second-order valence-corrected chi connectivity index (χ2v) is 9.73. The Bertz CT molecular complexity index is 1050. The van der Waals surface area contributed by atoms with Crippen molar-refractivity contribution in [3.8, 4) is 0 Å². The van der Waals surface area contributed by atoms with Crippen molar-refractivity contribution < 1.29 is 18.0 Å². The minimum atomic E-state index is -3.88. The normalized spacial score (nSPS) is 14.2. The first-order chi connectivity index (χ1) is 14.2. The van der Waals surface area contributed by atoms with E-state index in [9.17, 15) is 18.0 Å². The van der Waals surface area contributed by atoms with Crippen molar-refractivity contribution in [1.29, 1.82) is 0 Å². The minimum absolute atomic E-state index is 0.0170. The van der Waals surface area contributed by atoms with Crippen molar-refractivity contribution in [2.45, 2.75) is 24.7 Å². The number of likely N-dealkylation sites (N-methyl/N-ethyl adjacent to an activating group) is 1. The van der Waals surface area contributed by atoms with Crippen LogP contribution in [0.15, 0.2) is 47.4 Å². The average Bonchev–Trinajstić information content (AvgIpc) is 3.22. The van der Waals surface area contributed by atoms with Gasteiger partial charge in [-0.3, -0.25) is 9.59 Å². The highest BCUT2D eigenvalue weighted by Gasteiger charge is 2.24. The Kier molecular flexibility index (Phi) is 6.80. The highest BCUT2D eigenvalue weighted by Crippen LogP contribution is 2.31. The van der Waals surface area contributed by atoms with Crippen LogP contribution in [0, 0.1) is 0 Å². The van der Waals surface area contributed by atoms with Gasteiger partial charge in [0.2, 0.25) is 15.9 Å². The van der Waals surface area contributed by atoms with E-state index in [4.69, 9.17) is 11.6 Å². The summed E-state index contributed by atoms with van der Waals surface area (Å²) < 4.78 is 26.5. The monoisotopic (exact) mass is 449 g/mol. The average molecular weight is 450 g/mol. The molecule has 0 atom stereocenters. The van der Waals surface area contributed by atoms with E-state index in [2.05, 4.69) is 10.2 Å². The first-order valence-electron chi connectivity index (χ1n) is 9.60. The number of hydrogen-bond donors (Lipinski definition) is 1. The number of nitrogens with zero attached hydrogens (tertiary/aromatic N) is 2. The van der Waals surface area contributed by atoms with Gasteiger partial charge in [-0.15, -0.1) is 0 Å². The molecule has 2 aromatic carbocycles. The number of amides is 1. The fourth-order valence-electron chi connectivity index (χ4n) is 3.36. The molecule has 0 aliphatic carbocycles. The maximum Gasteiger partial charge on any atom is 0.243 e. The van der Waals surface area contributed by atoms with Gasteiger partial charge in [0, 0.05) is 30.7 Å². The van der Waals surface area contributed by atoms with Crippen molar-refractivity contribution in [2.75, 3.05) is 36.9 Å². The van der Waals surface area contributed by atoms with Gasteiger partial charge in [-0.05, 0) is 50.1 Å². The van der Waals surface area contributed by atoms with Gasteiger partial charge < -0.3 is 10.2 Å². The summed E-state index contributed by atoms with van der Waals surface area (Å²) in [6, 6.07) is 10.9. The first kappa shape index (κ1) is 22.3. The summed E-state index contributed by atoms with van der Waals surface area (Å²) in [6.07, 6.45) is 2.17. The molecule has 160 valence electrons. The summed E-state index contributed by atoms with van der Waals surface area (Å²) in [6.45, 7) is 2.85. The number of rotatable bonds is 7. The molecule has 0 saturated carbocycles. The van der Waals surface area contributed by atoms with E-state index in [1.165, 1.54) is 38.2 Å². The fourth-order valence-corrected chi connectivity index (χ4v) is 4.66. The lowest BCUT2D eigenvalue weighted by molar-refractivity contribution is -0.116. The second kappa shape index (κ2) is 9.16. The molecule has 9 heteroatoms. The molecular weight excluding hydrogens is 426 g/mol. The first-order valence-corrected chi connectivity index (χ1v) is 11.4. The van der Waals surface area contributed by atoms with Crippen LogP contribution >= 0.6 is 11.6 Å². The van der Waals surface area contributed by atoms with Gasteiger partial charge in [-0.1, -0.05) is 23.7 Å². The number of anilines is 2. The van der Waals surface area contributed by atoms with Crippen molar-refractivity contribution in [3.05, 3.63) is 53.1 Å². The molecule has 7 nitrogen and oxygen atoms in total. The maximum atomic E-state index is 12.8. The minimum Gasteiger partial charge on any atom is -0.370 e. The van der Waals surface area contributed by atoms with E-state index in [-0.39, 0.29) is 17.2 Å². The quantitative estimate of drug-likeness (QED) is 0.654. The number of halogens is 1. The lowest BCUT2D eigenvalue weighted by atomic mass is 10.2. The van der Waals surface area contributed by atoms with Crippen LogP contribution in [0.25, 0.3) is 0 Å². The molecule has 0 bridgehead atoms. The molecule has 1 saturated heterocycles. The maximum absolute atomic E-state index is 12.8. The molecule has 30 heavy (non-hydrogen) atoms. The zero-order valence-electron chi connectivity index (χ0n) is 16.9. The van der Waals surface area contributed by atoms with Crippen LogP contribution in [-0.2, 0) is 14.8 Å². The summed E-state index contributed by atoms with van der Waals surface area (Å²) in [5, 5.41) is 3.28. The molecule has 0 unspecified atom stereocenters. The van der Waals surface area contributed by atoms with E-state index in [0.29, 0.717) is 16.3 Å². The molecule has 1 aliphatic rings. The molecule has 0 aromatic heterocycles. The summed E-state index contributed by atoms with van der Waals surface area (Å²) in [5.74, 6) is -0.619. The van der Waals surface area contributed by atoms with E-state index in [0.717, 1.165) is 35.9 Å². The van der Waals surface area contributed by atoms with Crippen LogP contribution in [0.3, 0.4) is 0 Å². The summed E-state index contributed by atoms with van der Waals surface area (Å²) in [7, 11) is -2.54. The molecule has 0 spiro atoms. The lowest BCUT2D eigenvalue weighted by Gasteiger charge is -2.23. The third kappa shape index (κ3) is 5.00. The molecule has 2 aromatic rings. The SMILES string of the molecule is CC(=O)c1ccc(S(=O)(=O)N(C)CC(=O)Nc2cc(Cl)ccc2N2CCCC2)cc1. The smallest absolute Gasteiger partial charge is 0.243 e. The van der Waals surface area contributed by atoms with Gasteiger partial charge in [-0.25, -0.2) is 8.42 Å². The van der Waals surface area contributed by atoms with Crippen LogP contribution in [0.4, 0.5) is 11.4 Å². The number of sulfonamides is 1. The van der Waals surface area contributed by atoms with Gasteiger partial charge in [0.15, 0.2) is 5.78 Å². The molecule has 1 N–H and O–H groups in total. The number of ketones is 1. The van der Waals surface area contributed by atoms with E-state index in [1.54, 1.807) is 12.1 Å². The van der Waals surface area contributed by atoms with Gasteiger partial charge in [0.1, 0.15) is 0 Å². The zero-order valence-corrected chi connectivity index (χ0v) is 18.5. The zero-order chi connectivity index (χ0) is 21.9. The van der Waals surface area contributed by atoms with Crippen molar-refractivity contribution in [1.82, 2.24) is 4.31 Å². The molecular formula is C21H24ClN3O4S. The Morgan fingerprint density at radius 2 is 1.73 bits per heavy atom. The summed E-state index contributed by atoms with van der Waals surface area (Å²) in [5.41, 5.74) is 1.85. The largest absolute Gasteiger partial charge is 0.370 e. The van der Waals surface area contributed by atoms with Crippen LogP contribution in [0.1, 0.15) is 30.1 Å². The number of carbonyl (C=O) groups is 2. The van der Waals surface area contributed by atoms with Gasteiger partial charge in [0.25, 0.3) is 0 Å². The van der Waals surface area contributed by atoms with Gasteiger partial charge in [0.05, 0.1) is 22.8 Å². The van der Waals surface area contributed by atoms with Crippen molar-refractivity contribution in [2.24, 2.45) is 0 Å². The summed E-state index contributed by atoms with van der Waals surface area (Å²) >= 11 is 6.10. The topological polar surface area (TPSA) is 86.8 Å². The molecule has 1 aliphatic heterocycles. The predicted octanol–water partition coefficient (Wildman–Crippen LogP) is 3.40. The van der Waals surface area contributed by atoms with Gasteiger partial charge in [-0.2, -0.15) is 4.31 Å². The van der Waals surface area contributed by atoms with E-state index in [1.807, 2.05) is 6.07 Å². The van der Waals surface area contributed by atoms with Crippen LogP contribution in [0.5, 0.6) is 0 Å². The highest BCUT2D eigenvalue weighted by atomic mass is 35.5. The van der Waals surface area contributed by atoms with Crippen LogP contribution in [0.2, 0.25) is 5.02 Å². The highest BCUT2D eigenvalue weighted by molar-refractivity contribution is 7.89. The molecule has 1 amide bonds. The van der Waals surface area contributed by atoms with Crippen molar-refractivity contribution in [3.63, 3.8) is 0 Å². The second-order valence-electron chi connectivity index (χ2n) is 7.25. The predicted molar refractivity (Wildman–Crippen MR) is 118 cm³/mol. The van der Waals surface area contributed by atoms with Crippen molar-refractivity contribution >= 4 is 44.7 Å². The Balaban J connectivity index is 1.73. The third-order valence-electron chi connectivity index (χ3n) is 5.01. The Hall–Kier alpha value is -2.42. The third-order valence-corrected chi connectivity index (χ3v) is 7.07. The number of benzene rings is 2. The lowest BCUT2D eigenvalue weighted by Crippen LogP contribution is -2.35. The van der Waals surface area contributed by atoms with E-state index < -0.39 is 15.9 Å². The molecule has 0 radical (unpaired) electrons. The fraction of sp³-hybridized carbons (Fsp3) is 0.333. The van der Waals surface area contributed by atoms with E-state index >= 15 is 0 Å². The molecule has 1 fully saturated rings. The van der Waals surface area contributed by atoms with Crippen LogP contribution < -0.4 is 10.2 Å². The van der Waals surface area contributed by atoms with Crippen LogP contribution in [-0.4, -0.2) is 51.1 Å². The molecule has 1 heterocycles. The number of carbonyl (C=O) groups excluding carboxylic acids is 2.